The lowest BCUT2D eigenvalue weighted by atomic mass is 10.1. The zero-order valence-electron chi connectivity index (χ0n) is 9.73. The smallest absolute Gasteiger partial charge is 0.245 e. The van der Waals surface area contributed by atoms with E-state index in [-0.39, 0.29) is 16.8 Å². The molecule has 0 bridgehead atoms. The molecule has 0 aliphatic rings. The summed E-state index contributed by atoms with van der Waals surface area (Å²) in [5.74, 6) is 0. The number of halogens is 5. The Kier molecular flexibility index (Phi) is 2.64. The van der Waals surface area contributed by atoms with E-state index in [0.29, 0.717) is 12.1 Å². The van der Waals surface area contributed by atoms with Gasteiger partial charge in [-0.3, -0.25) is 0 Å². The Hall–Kier alpha value is -2.14. The first kappa shape index (κ1) is 14.3. The van der Waals surface area contributed by atoms with Crippen LogP contribution >= 0.6 is 10.2 Å². The second kappa shape index (κ2) is 3.70. The van der Waals surface area contributed by atoms with E-state index in [2.05, 4.69) is 4.98 Å². The Bertz CT molecular complexity index is 701. The molecule has 1 aromatic heterocycles. The maximum absolute atomic E-state index is 12.7. The lowest BCUT2D eigenvalue weighted by molar-refractivity contribution is 0.364. The third-order valence-corrected chi connectivity index (χ3v) is 3.64. The van der Waals surface area contributed by atoms with Gasteiger partial charge in [0.05, 0.1) is 0 Å². The fourth-order valence-corrected chi connectivity index (χ4v) is 2.23. The van der Waals surface area contributed by atoms with Crippen LogP contribution in [0.1, 0.15) is 5.69 Å². The predicted molar refractivity (Wildman–Crippen MR) is 65.8 cm³/mol. The predicted octanol–water partition coefficient (Wildman–Crippen LogP) is 5.28. The van der Waals surface area contributed by atoms with Crippen LogP contribution in [-0.4, -0.2) is 4.98 Å². The molecule has 2 nitrogen and oxygen atoms in total. The van der Waals surface area contributed by atoms with Crippen molar-refractivity contribution in [3.8, 4) is 17.2 Å². The number of nitrogens with zero attached hydrogens (tertiary/aromatic N) is 2. The van der Waals surface area contributed by atoms with E-state index in [4.69, 9.17) is 5.26 Å². The molecule has 2 aromatic rings. The van der Waals surface area contributed by atoms with Crippen LogP contribution in [-0.2, 0) is 0 Å². The Labute approximate surface area is 111 Å². The summed E-state index contributed by atoms with van der Waals surface area (Å²) in [5, 5.41) is 8.56. The van der Waals surface area contributed by atoms with Gasteiger partial charge in [0.15, 0.2) is 0 Å². The van der Waals surface area contributed by atoms with Crippen molar-refractivity contribution in [3.63, 3.8) is 0 Å². The quantitative estimate of drug-likeness (QED) is 0.708. The Morgan fingerprint density at radius 1 is 0.950 bits per heavy atom. The fourth-order valence-electron chi connectivity index (χ4n) is 1.55. The number of nitriles is 1. The van der Waals surface area contributed by atoms with Gasteiger partial charge in [-0.15, -0.1) is 0 Å². The van der Waals surface area contributed by atoms with Gasteiger partial charge in [0.25, 0.3) is 0 Å². The van der Waals surface area contributed by atoms with Crippen molar-refractivity contribution in [3.05, 3.63) is 48.3 Å². The lowest BCUT2D eigenvalue weighted by Crippen LogP contribution is -2.05. The van der Waals surface area contributed by atoms with Gasteiger partial charge in [0.2, 0.25) is 0 Å². The standard InChI is InChI=1S/C12H7F5N2S/c13-20(14,15,16,17)12-3-1-2-9(6-12)10-4-5-11(7-18)19-8-10/h1-6,8H. The monoisotopic (exact) mass is 306 g/mol. The van der Waals surface area contributed by atoms with Crippen molar-refractivity contribution < 1.29 is 19.4 Å². The van der Waals surface area contributed by atoms with E-state index in [9.17, 15) is 19.4 Å². The summed E-state index contributed by atoms with van der Waals surface area (Å²) in [7, 11) is -9.70. The van der Waals surface area contributed by atoms with Crippen molar-refractivity contribution in [2.45, 2.75) is 4.90 Å². The van der Waals surface area contributed by atoms with E-state index in [1.54, 1.807) is 6.07 Å². The summed E-state index contributed by atoms with van der Waals surface area (Å²) in [5.41, 5.74) is 0.248. The maximum Gasteiger partial charge on any atom is 0.310 e. The van der Waals surface area contributed by atoms with Crippen LogP contribution in [0.5, 0.6) is 0 Å². The van der Waals surface area contributed by atoms with Gasteiger partial charge < -0.3 is 0 Å². The molecule has 1 aromatic carbocycles. The number of rotatable bonds is 2. The third kappa shape index (κ3) is 3.05. The van der Waals surface area contributed by atoms with E-state index in [1.165, 1.54) is 18.2 Å². The molecule has 2 rings (SSSR count). The average molecular weight is 306 g/mol. The van der Waals surface area contributed by atoms with E-state index >= 15 is 0 Å². The molecular formula is C12H7F5N2S. The minimum absolute atomic E-state index is 0.0484. The highest BCUT2D eigenvalue weighted by Gasteiger charge is 2.65. The molecule has 0 saturated heterocycles. The van der Waals surface area contributed by atoms with Gasteiger partial charge in [-0.1, -0.05) is 31.6 Å². The molecule has 0 atom stereocenters. The molecule has 8 heteroatoms. The minimum Gasteiger partial charge on any atom is -0.245 e. The van der Waals surface area contributed by atoms with Crippen LogP contribution in [0.2, 0.25) is 0 Å². The van der Waals surface area contributed by atoms with Crippen LogP contribution in [0, 0.1) is 11.3 Å². The molecule has 0 aliphatic heterocycles. The van der Waals surface area contributed by atoms with Gasteiger partial charge in [0.1, 0.15) is 16.7 Å². The molecule has 0 unspecified atom stereocenters. The fraction of sp³-hybridized carbons (Fsp3) is 0. The second-order valence-corrected chi connectivity index (χ2v) is 6.45. The number of hydrogen-bond donors (Lipinski definition) is 0. The third-order valence-electron chi connectivity index (χ3n) is 2.49. The SMILES string of the molecule is N#Cc1ccc(-c2cccc(S(F)(F)(F)(F)F)c2)cn1. The first-order chi connectivity index (χ1) is 8.99. The number of benzene rings is 1. The molecule has 0 N–H and O–H groups in total. The van der Waals surface area contributed by atoms with E-state index in [0.717, 1.165) is 12.3 Å². The number of pyridine rings is 1. The summed E-state index contributed by atoms with van der Waals surface area (Å²) in [6.45, 7) is 0. The molecule has 0 aliphatic carbocycles. The number of hydrogen-bond acceptors (Lipinski definition) is 2. The summed E-state index contributed by atoms with van der Waals surface area (Å²) >= 11 is 0. The molecule has 0 fully saturated rings. The Balaban J connectivity index is 2.54. The Morgan fingerprint density at radius 3 is 2.15 bits per heavy atom. The zero-order valence-corrected chi connectivity index (χ0v) is 10.6. The molecule has 106 valence electrons. The summed E-state index contributed by atoms with van der Waals surface area (Å²) in [6.07, 6.45) is 1.16. The highest BCUT2D eigenvalue weighted by atomic mass is 32.5. The Morgan fingerprint density at radius 2 is 1.65 bits per heavy atom. The molecule has 0 spiro atoms. The van der Waals surface area contributed by atoms with Crippen molar-refractivity contribution in [2.75, 3.05) is 0 Å². The van der Waals surface area contributed by atoms with Gasteiger partial charge >= 0.3 is 10.2 Å². The van der Waals surface area contributed by atoms with Crippen molar-refractivity contribution in [2.24, 2.45) is 0 Å². The first-order valence-corrected chi connectivity index (χ1v) is 7.15. The van der Waals surface area contributed by atoms with Crippen LogP contribution in [0.4, 0.5) is 19.4 Å². The maximum atomic E-state index is 12.7. The normalized spacial score (nSPS) is 15.0. The highest BCUT2D eigenvalue weighted by molar-refractivity contribution is 8.45. The van der Waals surface area contributed by atoms with E-state index in [1.807, 2.05) is 0 Å². The molecular weight excluding hydrogens is 299 g/mol. The minimum atomic E-state index is -9.70. The molecule has 0 saturated carbocycles. The van der Waals surface area contributed by atoms with Crippen molar-refractivity contribution in [1.82, 2.24) is 4.98 Å². The van der Waals surface area contributed by atoms with Crippen LogP contribution in [0.3, 0.4) is 0 Å². The van der Waals surface area contributed by atoms with Crippen LogP contribution in [0.25, 0.3) is 11.1 Å². The topological polar surface area (TPSA) is 36.7 Å². The largest absolute Gasteiger partial charge is 0.310 e. The van der Waals surface area contributed by atoms with Crippen LogP contribution in [0.15, 0.2) is 47.5 Å². The molecule has 0 radical (unpaired) electrons. The van der Waals surface area contributed by atoms with Gasteiger partial charge in [0, 0.05) is 11.8 Å². The first-order valence-electron chi connectivity index (χ1n) is 5.20. The summed E-state index contributed by atoms with van der Waals surface area (Å²) in [6, 6.07) is 7.26. The average Bonchev–Trinajstić information content (AvgIpc) is 2.36. The van der Waals surface area contributed by atoms with Crippen LogP contribution < -0.4 is 0 Å². The van der Waals surface area contributed by atoms with Crippen molar-refractivity contribution >= 4 is 10.2 Å². The van der Waals surface area contributed by atoms with Crippen molar-refractivity contribution in [1.29, 1.82) is 5.26 Å². The molecule has 1 heterocycles. The van der Waals surface area contributed by atoms with Gasteiger partial charge in [-0.2, -0.15) is 5.26 Å². The molecule has 0 amide bonds. The highest BCUT2D eigenvalue weighted by Crippen LogP contribution is 3.02. The number of aromatic nitrogens is 1. The summed E-state index contributed by atoms with van der Waals surface area (Å²) < 4.78 is 63.5. The van der Waals surface area contributed by atoms with Gasteiger partial charge in [-0.05, 0) is 29.8 Å². The lowest BCUT2D eigenvalue weighted by Gasteiger charge is -2.40. The molecule has 20 heavy (non-hydrogen) atoms. The zero-order chi connectivity index (χ0) is 15.1. The second-order valence-electron chi connectivity index (χ2n) is 4.04. The van der Waals surface area contributed by atoms with E-state index < -0.39 is 15.1 Å². The van der Waals surface area contributed by atoms with Gasteiger partial charge in [-0.25, -0.2) is 4.98 Å². The summed E-state index contributed by atoms with van der Waals surface area (Å²) in [4.78, 5) is 1.73.